The lowest BCUT2D eigenvalue weighted by molar-refractivity contribution is 0.628. The molecule has 3 rings (SSSR count). The van der Waals surface area contributed by atoms with Crippen molar-refractivity contribution in [2.45, 2.75) is 0 Å². The van der Waals surface area contributed by atoms with Crippen LogP contribution in [0, 0.1) is 5.82 Å². The average molecular weight is 296 g/mol. The zero-order valence-corrected chi connectivity index (χ0v) is 12.0. The van der Waals surface area contributed by atoms with Crippen molar-refractivity contribution in [2.24, 2.45) is 5.73 Å². The molecule has 0 spiro atoms. The van der Waals surface area contributed by atoms with Crippen LogP contribution in [0.25, 0.3) is 10.8 Å². The fraction of sp³-hybridized carbons (Fsp3) is 0. The Kier molecular flexibility index (Phi) is 3.54. The van der Waals surface area contributed by atoms with Gasteiger partial charge in [-0.3, -0.25) is 0 Å². The molecule has 0 saturated carbocycles. The number of hydrogen-bond donors (Lipinski definition) is 2. The summed E-state index contributed by atoms with van der Waals surface area (Å²) in [5, 5.41) is 5.53. The molecule has 4 heteroatoms. The van der Waals surface area contributed by atoms with Gasteiger partial charge in [-0.1, -0.05) is 42.5 Å². The molecule has 0 amide bonds. The van der Waals surface area contributed by atoms with E-state index < -0.39 is 0 Å². The maximum absolute atomic E-state index is 13.3. The number of nitrogens with two attached hydrogens (primary N) is 1. The molecule has 0 aliphatic heterocycles. The summed E-state index contributed by atoms with van der Waals surface area (Å²) in [6, 6.07) is 18.5. The number of nitrogens with one attached hydrogen (secondary N) is 1. The topological polar surface area (TPSA) is 38.0 Å². The second-order valence-corrected chi connectivity index (χ2v) is 5.18. The number of hydrogen-bond acceptors (Lipinski definition) is 2. The predicted octanol–water partition coefficient (Wildman–Crippen LogP) is 4.36. The molecule has 3 N–H and O–H groups in total. The lowest BCUT2D eigenvalue weighted by atomic mass is 10.1. The van der Waals surface area contributed by atoms with E-state index in [0.29, 0.717) is 11.3 Å². The molecule has 0 saturated heterocycles. The summed E-state index contributed by atoms with van der Waals surface area (Å²) >= 11 is 4.97. The van der Waals surface area contributed by atoms with Crippen LogP contribution in [-0.2, 0) is 0 Å². The van der Waals surface area contributed by atoms with E-state index in [4.69, 9.17) is 18.0 Å². The first-order chi connectivity index (χ1) is 10.1. The number of anilines is 2. The summed E-state index contributed by atoms with van der Waals surface area (Å²) in [4.78, 5) is 0.165. The number of fused-ring (bicyclic) bond motifs is 1. The van der Waals surface area contributed by atoms with Crippen LogP contribution < -0.4 is 11.1 Å². The normalized spacial score (nSPS) is 10.5. The molecule has 0 bridgehead atoms. The first kappa shape index (κ1) is 13.5. The van der Waals surface area contributed by atoms with E-state index in [-0.39, 0.29) is 10.8 Å². The first-order valence-corrected chi connectivity index (χ1v) is 6.89. The molecule has 0 fully saturated rings. The fourth-order valence-electron chi connectivity index (χ4n) is 2.25. The van der Waals surface area contributed by atoms with E-state index in [0.717, 1.165) is 16.5 Å². The Morgan fingerprint density at radius 1 is 0.952 bits per heavy atom. The maximum Gasteiger partial charge on any atom is 0.124 e. The zero-order valence-electron chi connectivity index (χ0n) is 11.1. The van der Waals surface area contributed by atoms with Crippen LogP contribution in [-0.4, -0.2) is 4.99 Å². The summed E-state index contributed by atoms with van der Waals surface area (Å²) in [5.41, 5.74) is 7.75. The van der Waals surface area contributed by atoms with Crippen molar-refractivity contribution in [1.29, 1.82) is 0 Å². The van der Waals surface area contributed by atoms with Gasteiger partial charge in [0.2, 0.25) is 0 Å². The Balaban J connectivity index is 2.00. The molecule has 0 aliphatic carbocycles. The summed E-state index contributed by atoms with van der Waals surface area (Å²) in [7, 11) is 0. The highest BCUT2D eigenvalue weighted by molar-refractivity contribution is 7.80. The fourth-order valence-corrected chi connectivity index (χ4v) is 2.42. The van der Waals surface area contributed by atoms with Crippen molar-refractivity contribution < 1.29 is 4.39 Å². The number of thiocarbonyl (C=S) groups is 1. The minimum Gasteiger partial charge on any atom is -0.389 e. The van der Waals surface area contributed by atoms with E-state index in [1.807, 2.05) is 36.4 Å². The quantitative estimate of drug-likeness (QED) is 0.705. The van der Waals surface area contributed by atoms with Crippen LogP contribution in [0.3, 0.4) is 0 Å². The van der Waals surface area contributed by atoms with Crippen molar-refractivity contribution in [2.75, 3.05) is 5.32 Å². The highest BCUT2D eigenvalue weighted by atomic mass is 32.1. The second kappa shape index (κ2) is 5.50. The molecule has 0 radical (unpaired) electrons. The van der Waals surface area contributed by atoms with Crippen LogP contribution in [0.15, 0.2) is 60.7 Å². The van der Waals surface area contributed by atoms with E-state index in [2.05, 4.69) is 11.4 Å². The molecule has 0 heterocycles. The zero-order chi connectivity index (χ0) is 14.8. The second-order valence-electron chi connectivity index (χ2n) is 4.74. The molecule has 0 atom stereocenters. The average Bonchev–Trinajstić information content (AvgIpc) is 2.49. The van der Waals surface area contributed by atoms with Crippen molar-refractivity contribution in [3.8, 4) is 0 Å². The summed E-state index contributed by atoms with van der Waals surface area (Å²) in [5.74, 6) is -0.359. The van der Waals surface area contributed by atoms with Gasteiger partial charge in [0, 0.05) is 16.9 Å². The SMILES string of the molecule is NC(=S)c1cc(F)ccc1Nc1ccc2ccccc2c1. The third-order valence-corrected chi connectivity index (χ3v) is 3.50. The van der Waals surface area contributed by atoms with Gasteiger partial charge in [-0.2, -0.15) is 0 Å². The number of benzene rings is 3. The molecule has 2 nitrogen and oxygen atoms in total. The van der Waals surface area contributed by atoms with Gasteiger partial charge in [0.05, 0.1) is 0 Å². The highest BCUT2D eigenvalue weighted by Gasteiger charge is 2.07. The van der Waals surface area contributed by atoms with E-state index >= 15 is 0 Å². The minimum absolute atomic E-state index is 0.165. The van der Waals surface area contributed by atoms with Crippen molar-refractivity contribution >= 4 is 39.4 Å². The molecule has 0 aromatic heterocycles. The smallest absolute Gasteiger partial charge is 0.124 e. The third-order valence-electron chi connectivity index (χ3n) is 3.28. The lowest BCUT2D eigenvalue weighted by Crippen LogP contribution is -2.12. The Bertz CT molecular complexity index is 830. The Morgan fingerprint density at radius 3 is 2.48 bits per heavy atom. The largest absolute Gasteiger partial charge is 0.389 e. The molecule has 104 valence electrons. The number of rotatable bonds is 3. The van der Waals surface area contributed by atoms with E-state index in [1.54, 1.807) is 6.07 Å². The highest BCUT2D eigenvalue weighted by Crippen LogP contribution is 2.25. The molecule has 0 aliphatic rings. The van der Waals surface area contributed by atoms with Crippen LogP contribution in [0.5, 0.6) is 0 Å². The van der Waals surface area contributed by atoms with Crippen molar-refractivity contribution in [1.82, 2.24) is 0 Å². The van der Waals surface area contributed by atoms with Gasteiger partial charge in [-0.05, 0) is 41.1 Å². The monoisotopic (exact) mass is 296 g/mol. The van der Waals surface area contributed by atoms with Crippen molar-refractivity contribution in [3.05, 3.63) is 72.0 Å². The van der Waals surface area contributed by atoms with Crippen molar-refractivity contribution in [3.63, 3.8) is 0 Å². The summed E-state index contributed by atoms with van der Waals surface area (Å²) in [6.45, 7) is 0. The van der Waals surface area contributed by atoms with Gasteiger partial charge in [-0.15, -0.1) is 0 Å². The Labute approximate surface area is 127 Å². The molecule has 3 aromatic carbocycles. The van der Waals surface area contributed by atoms with Gasteiger partial charge in [0.1, 0.15) is 10.8 Å². The lowest BCUT2D eigenvalue weighted by Gasteiger charge is -2.12. The summed E-state index contributed by atoms with van der Waals surface area (Å²) in [6.07, 6.45) is 0. The Morgan fingerprint density at radius 2 is 1.71 bits per heavy atom. The molecular weight excluding hydrogens is 283 g/mol. The van der Waals surface area contributed by atoms with Gasteiger partial charge < -0.3 is 11.1 Å². The van der Waals surface area contributed by atoms with E-state index in [9.17, 15) is 4.39 Å². The molecular formula is C17H13FN2S. The Hall–Kier alpha value is -2.46. The van der Waals surface area contributed by atoms with Crippen LogP contribution >= 0.6 is 12.2 Å². The van der Waals surface area contributed by atoms with Crippen LogP contribution in [0.4, 0.5) is 15.8 Å². The maximum atomic E-state index is 13.3. The molecule has 21 heavy (non-hydrogen) atoms. The van der Waals surface area contributed by atoms with Crippen LogP contribution in [0.1, 0.15) is 5.56 Å². The number of halogens is 1. The minimum atomic E-state index is -0.359. The summed E-state index contributed by atoms with van der Waals surface area (Å²) < 4.78 is 13.3. The van der Waals surface area contributed by atoms with Gasteiger partial charge in [0.15, 0.2) is 0 Å². The van der Waals surface area contributed by atoms with Gasteiger partial charge in [0.25, 0.3) is 0 Å². The molecule has 3 aromatic rings. The van der Waals surface area contributed by atoms with Crippen LogP contribution in [0.2, 0.25) is 0 Å². The van der Waals surface area contributed by atoms with E-state index in [1.165, 1.54) is 12.1 Å². The standard InChI is InChI=1S/C17H13FN2S/c18-13-6-8-16(15(10-13)17(19)21)20-14-7-5-11-3-1-2-4-12(11)9-14/h1-10,20H,(H2,19,21). The third kappa shape index (κ3) is 2.85. The first-order valence-electron chi connectivity index (χ1n) is 6.49. The molecule has 0 unspecified atom stereocenters. The van der Waals surface area contributed by atoms with Gasteiger partial charge in [-0.25, -0.2) is 4.39 Å². The predicted molar refractivity (Wildman–Crippen MR) is 89.5 cm³/mol. The van der Waals surface area contributed by atoms with Gasteiger partial charge >= 0.3 is 0 Å².